The SMILES string of the molecule is Nc1nc(C2CC(O)C2)cc(N2CCC(N3CCc4ccccc4C3)CC2)n1. The fourth-order valence-corrected chi connectivity index (χ4v) is 4.96. The number of hydrogen-bond donors (Lipinski definition) is 2. The van der Waals surface area contributed by atoms with Gasteiger partial charge in [0.2, 0.25) is 5.95 Å². The van der Waals surface area contributed by atoms with E-state index in [9.17, 15) is 5.11 Å². The Labute approximate surface area is 166 Å². The van der Waals surface area contributed by atoms with Crippen molar-refractivity contribution in [1.29, 1.82) is 0 Å². The Bertz CT molecular complexity index is 843. The lowest BCUT2D eigenvalue weighted by molar-refractivity contribution is 0.0732. The smallest absolute Gasteiger partial charge is 0.222 e. The third-order valence-corrected chi connectivity index (χ3v) is 6.75. The van der Waals surface area contributed by atoms with Gasteiger partial charge < -0.3 is 15.7 Å². The maximum Gasteiger partial charge on any atom is 0.222 e. The molecule has 3 heterocycles. The Morgan fingerprint density at radius 3 is 2.50 bits per heavy atom. The maximum absolute atomic E-state index is 9.59. The van der Waals surface area contributed by atoms with Crippen molar-refractivity contribution >= 4 is 11.8 Å². The van der Waals surface area contributed by atoms with Crippen LogP contribution in [0.5, 0.6) is 0 Å². The quantitative estimate of drug-likeness (QED) is 0.852. The summed E-state index contributed by atoms with van der Waals surface area (Å²) in [6, 6.07) is 11.6. The van der Waals surface area contributed by atoms with Crippen LogP contribution in [-0.2, 0) is 13.0 Å². The number of nitrogen functional groups attached to an aromatic ring is 1. The average Bonchev–Trinajstić information content (AvgIpc) is 2.71. The number of fused-ring (bicyclic) bond motifs is 1. The Morgan fingerprint density at radius 2 is 1.75 bits per heavy atom. The van der Waals surface area contributed by atoms with Gasteiger partial charge in [0.05, 0.1) is 11.8 Å². The van der Waals surface area contributed by atoms with Gasteiger partial charge in [-0.15, -0.1) is 0 Å². The first kappa shape index (κ1) is 17.9. The van der Waals surface area contributed by atoms with Crippen molar-refractivity contribution < 1.29 is 5.11 Å². The van der Waals surface area contributed by atoms with Crippen molar-refractivity contribution in [2.75, 3.05) is 30.3 Å². The minimum Gasteiger partial charge on any atom is -0.393 e. The van der Waals surface area contributed by atoms with Crippen LogP contribution >= 0.6 is 0 Å². The number of rotatable bonds is 3. The van der Waals surface area contributed by atoms with E-state index in [4.69, 9.17) is 5.73 Å². The van der Waals surface area contributed by atoms with Gasteiger partial charge in [0.15, 0.2) is 0 Å². The highest BCUT2D eigenvalue weighted by atomic mass is 16.3. The molecule has 2 fully saturated rings. The lowest BCUT2D eigenvalue weighted by Gasteiger charge is -2.41. The van der Waals surface area contributed by atoms with Crippen molar-refractivity contribution in [1.82, 2.24) is 14.9 Å². The number of nitrogens with zero attached hydrogens (tertiary/aromatic N) is 4. The van der Waals surface area contributed by atoms with Crippen molar-refractivity contribution in [3.05, 3.63) is 47.2 Å². The first-order chi connectivity index (χ1) is 13.7. The van der Waals surface area contributed by atoms with Crippen molar-refractivity contribution in [3.63, 3.8) is 0 Å². The second-order valence-corrected chi connectivity index (χ2v) is 8.54. The largest absolute Gasteiger partial charge is 0.393 e. The summed E-state index contributed by atoms with van der Waals surface area (Å²) in [6.07, 6.45) is 4.86. The van der Waals surface area contributed by atoms with E-state index in [2.05, 4.69) is 50.1 Å². The summed E-state index contributed by atoms with van der Waals surface area (Å²) in [6.45, 7) is 4.25. The van der Waals surface area contributed by atoms with Crippen molar-refractivity contribution in [2.24, 2.45) is 0 Å². The van der Waals surface area contributed by atoms with Crippen molar-refractivity contribution in [3.8, 4) is 0 Å². The van der Waals surface area contributed by atoms with Gasteiger partial charge in [0.25, 0.3) is 0 Å². The Kier molecular flexibility index (Phi) is 4.69. The predicted octanol–water partition coefficient (Wildman–Crippen LogP) is 2.32. The van der Waals surface area contributed by atoms with Crippen LogP contribution in [-0.4, -0.2) is 51.8 Å². The monoisotopic (exact) mass is 379 g/mol. The lowest BCUT2D eigenvalue weighted by atomic mass is 9.80. The third-order valence-electron chi connectivity index (χ3n) is 6.75. The number of anilines is 2. The molecule has 2 aromatic rings. The van der Waals surface area contributed by atoms with E-state index in [1.165, 1.54) is 11.1 Å². The first-order valence-corrected chi connectivity index (χ1v) is 10.5. The summed E-state index contributed by atoms with van der Waals surface area (Å²) < 4.78 is 0. The lowest BCUT2D eigenvalue weighted by Crippen LogP contribution is -2.46. The number of aliphatic hydroxyl groups excluding tert-OH is 1. The molecular formula is C22H29N5O. The zero-order valence-corrected chi connectivity index (χ0v) is 16.3. The summed E-state index contributed by atoms with van der Waals surface area (Å²) in [5.74, 6) is 1.62. The molecule has 1 aromatic carbocycles. The Morgan fingerprint density at radius 1 is 1.00 bits per heavy atom. The molecule has 3 aliphatic rings. The zero-order valence-electron chi connectivity index (χ0n) is 16.3. The highest BCUT2D eigenvalue weighted by Gasteiger charge is 2.32. The summed E-state index contributed by atoms with van der Waals surface area (Å²) in [5.41, 5.74) is 9.98. The van der Waals surface area contributed by atoms with E-state index in [0.717, 1.165) is 69.8 Å². The van der Waals surface area contributed by atoms with Gasteiger partial charge in [-0.2, -0.15) is 4.98 Å². The molecule has 0 amide bonds. The molecule has 6 nitrogen and oxygen atoms in total. The van der Waals surface area contributed by atoms with Crippen LogP contribution in [0.1, 0.15) is 48.4 Å². The molecule has 0 spiro atoms. The molecule has 2 aliphatic heterocycles. The van der Waals surface area contributed by atoms with Gasteiger partial charge in [-0.3, -0.25) is 4.90 Å². The molecule has 6 heteroatoms. The molecule has 0 atom stereocenters. The maximum atomic E-state index is 9.59. The van der Waals surface area contributed by atoms with Crippen LogP contribution in [0.3, 0.4) is 0 Å². The highest BCUT2D eigenvalue weighted by molar-refractivity contribution is 5.45. The normalized spacial score (nSPS) is 26.0. The van der Waals surface area contributed by atoms with E-state index in [0.29, 0.717) is 17.9 Å². The fraction of sp³-hybridized carbons (Fsp3) is 0.545. The minimum absolute atomic E-state index is 0.185. The molecule has 1 saturated carbocycles. The second-order valence-electron chi connectivity index (χ2n) is 8.54. The second kappa shape index (κ2) is 7.33. The van der Waals surface area contributed by atoms with E-state index in [1.807, 2.05) is 0 Å². The number of aliphatic hydroxyl groups is 1. The molecule has 1 saturated heterocycles. The Balaban J connectivity index is 1.23. The van der Waals surface area contributed by atoms with E-state index >= 15 is 0 Å². The van der Waals surface area contributed by atoms with Gasteiger partial charge in [0.1, 0.15) is 5.82 Å². The Hall–Kier alpha value is -2.18. The van der Waals surface area contributed by atoms with Gasteiger partial charge in [-0.05, 0) is 43.2 Å². The minimum atomic E-state index is -0.185. The molecule has 0 bridgehead atoms. The molecule has 0 unspecified atom stereocenters. The topological polar surface area (TPSA) is 78.5 Å². The van der Waals surface area contributed by atoms with E-state index < -0.39 is 0 Å². The van der Waals surface area contributed by atoms with Crippen LogP contribution in [0, 0.1) is 0 Å². The van der Waals surface area contributed by atoms with E-state index in [-0.39, 0.29) is 6.10 Å². The number of piperidine rings is 1. The van der Waals surface area contributed by atoms with Crippen LogP contribution in [0.25, 0.3) is 0 Å². The first-order valence-electron chi connectivity index (χ1n) is 10.5. The zero-order chi connectivity index (χ0) is 19.1. The summed E-state index contributed by atoms with van der Waals surface area (Å²) in [7, 11) is 0. The van der Waals surface area contributed by atoms with Crippen LogP contribution in [0.4, 0.5) is 11.8 Å². The van der Waals surface area contributed by atoms with Gasteiger partial charge in [-0.1, -0.05) is 24.3 Å². The standard InChI is InChI=1S/C22H29N5O/c23-22-24-20(17-11-19(28)12-17)13-21(25-22)26-9-6-18(7-10-26)27-8-5-15-3-1-2-4-16(15)14-27/h1-4,13,17-19,28H,5-12,14H2,(H2,23,24,25). The molecule has 1 aliphatic carbocycles. The van der Waals surface area contributed by atoms with E-state index in [1.54, 1.807) is 0 Å². The fourth-order valence-electron chi connectivity index (χ4n) is 4.96. The van der Waals surface area contributed by atoms with Crippen molar-refractivity contribution in [2.45, 2.75) is 56.7 Å². The van der Waals surface area contributed by atoms with Crippen LogP contribution in [0.15, 0.2) is 30.3 Å². The molecule has 0 radical (unpaired) electrons. The van der Waals surface area contributed by atoms with Crippen LogP contribution in [0.2, 0.25) is 0 Å². The number of hydrogen-bond acceptors (Lipinski definition) is 6. The third kappa shape index (κ3) is 3.47. The molecule has 3 N–H and O–H groups in total. The number of nitrogens with two attached hydrogens (primary N) is 1. The summed E-state index contributed by atoms with van der Waals surface area (Å²) in [5, 5.41) is 9.59. The van der Waals surface area contributed by atoms with Gasteiger partial charge in [-0.25, -0.2) is 4.98 Å². The predicted molar refractivity (Wildman–Crippen MR) is 110 cm³/mol. The van der Waals surface area contributed by atoms with Gasteiger partial charge in [0, 0.05) is 44.2 Å². The average molecular weight is 380 g/mol. The molecule has 28 heavy (non-hydrogen) atoms. The molecule has 1 aromatic heterocycles. The van der Waals surface area contributed by atoms with Gasteiger partial charge >= 0.3 is 0 Å². The summed E-state index contributed by atoms with van der Waals surface area (Å²) >= 11 is 0. The highest BCUT2D eigenvalue weighted by Crippen LogP contribution is 2.37. The summed E-state index contributed by atoms with van der Waals surface area (Å²) in [4.78, 5) is 13.9. The number of aromatic nitrogens is 2. The van der Waals surface area contributed by atoms with Crippen LogP contribution < -0.4 is 10.6 Å². The molecule has 5 rings (SSSR count). The molecular weight excluding hydrogens is 350 g/mol. The number of benzene rings is 1. The molecule has 148 valence electrons.